The molecule has 4 rings (SSSR count). The average Bonchev–Trinajstić information content (AvgIpc) is 3.09. The van der Waals surface area contributed by atoms with Gasteiger partial charge in [0.05, 0.1) is 5.69 Å². The maximum absolute atomic E-state index is 13.2. The molecule has 0 radical (unpaired) electrons. The van der Waals surface area contributed by atoms with E-state index in [1.54, 1.807) is 12.1 Å². The van der Waals surface area contributed by atoms with Crippen molar-refractivity contribution < 1.29 is 4.39 Å². The monoisotopic (exact) mass is 315 g/mol. The van der Waals surface area contributed by atoms with Crippen LogP contribution in [0.2, 0.25) is 0 Å². The quantitative estimate of drug-likeness (QED) is 0.546. The first-order valence-electron chi connectivity index (χ1n) is 7.65. The third-order valence-corrected chi connectivity index (χ3v) is 3.74. The van der Waals surface area contributed by atoms with Crippen LogP contribution in [0.15, 0.2) is 84.9 Å². The summed E-state index contributed by atoms with van der Waals surface area (Å²) in [6, 6.07) is 26.0. The van der Waals surface area contributed by atoms with Crippen molar-refractivity contribution in [3.63, 3.8) is 0 Å². The van der Waals surface area contributed by atoms with Gasteiger partial charge in [0.2, 0.25) is 0 Å². The van der Waals surface area contributed by atoms with E-state index in [9.17, 15) is 4.39 Å². The van der Waals surface area contributed by atoms with Crippen LogP contribution < -0.4 is 0 Å². The second kappa shape index (κ2) is 6.08. The number of hydrogen-bond donors (Lipinski definition) is 0. The molecule has 0 unspecified atom stereocenters. The summed E-state index contributed by atoms with van der Waals surface area (Å²) >= 11 is 0. The van der Waals surface area contributed by atoms with Crippen molar-refractivity contribution in [1.82, 2.24) is 14.8 Å². The molecule has 1 aromatic heterocycles. The van der Waals surface area contributed by atoms with Crippen molar-refractivity contribution in [3.8, 4) is 28.5 Å². The van der Waals surface area contributed by atoms with Crippen LogP contribution >= 0.6 is 0 Å². The summed E-state index contributed by atoms with van der Waals surface area (Å²) in [6.45, 7) is 0. The van der Waals surface area contributed by atoms with E-state index in [0.29, 0.717) is 5.82 Å². The van der Waals surface area contributed by atoms with E-state index in [1.165, 1.54) is 12.1 Å². The zero-order valence-electron chi connectivity index (χ0n) is 12.8. The molecule has 3 aromatic carbocycles. The van der Waals surface area contributed by atoms with Gasteiger partial charge in [0, 0.05) is 11.1 Å². The van der Waals surface area contributed by atoms with Gasteiger partial charge in [0.15, 0.2) is 11.6 Å². The molecule has 4 aromatic rings. The third-order valence-electron chi connectivity index (χ3n) is 3.74. The van der Waals surface area contributed by atoms with Crippen molar-refractivity contribution in [2.45, 2.75) is 0 Å². The fourth-order valence-electron chi connectivity index (χ4n) is 2.56. The second-order valence-corrected chi connectivity index (χ2v) is 5.38. The molecule has 1 heterocycles. The van der Waals surface area contributed by atoms with Gasteiger partial charge in [0.25, 0.3) is 0 Å². The standard InChI is InChI=1S/C20H14FN3/c21-17-13-11-15(12-14-17)19-22-20(16-7-3-1-4-8-16)24(23-19)18-9-5-2-6-10-18/h1-14H. The van der Waals surface area contributed by atoms with E-state index < -0.39 is 0 Å². The molecule has 0 aliphatic heterocycles. The van der Waals surface area contributed by atoms with Gasteiger partial charge in [-0.25, -0.2) is 14.1 Å². The van der Waals surface area contributed by atoms with Crippen LogP contribution in [0.3, 0.4) is 0 Å². The average molecular weight is 315 g/mol. The fourth-order valence-corrected chi connectivity index (χ4v) is 2.56. The van der Waals surface area contributed by atoms with Crippen molar-refractivity contribution in [1.29, 1.82) is 0 Å². The topological polar surface area (TPSA) is 30.7 Å². The number of rotatable bonds is 3. The lowest BCUT2D eigenvalue weighted by atomic mass is 10.2. The van der Waals surface area contributed by atoms with Crippen LogP contribution in [0.4, 0.5) is 4.39 Å². The summed E-state index contributed by atoms with van der Waals surface area (Å²) in [5, 5.41) is 4.64. The van der Waals surface area contributed by atoms with E-state index in [2.05, 4.69) is 10.1 Å². The van der Waals surface area contributed by atoms with Crippen LogP contribution in [-0.4, -0.2) is 14.8 Å². The Morgan fingerprint density at radius 1 is 0.667 bits per heavy atom. The molecular weight excluding hydrogens is 301 g/mol. The lowest BCUT2D eigenvalue weighted by molar-refractivity contribution is 0.628. The van der Waals surface area contributed by atoms with Crippen molar-refractivity contribution >= 4 is 0 Å². The molecule has 0 spiro atoms. The number of nitrogens with zero attached hydrogens (tertiary/aromatic N) is 3. The Bertz CT molecular complexity index is 888. The molecule has 0 amide bonds. The third kappa shape index (κ3) is 2.70. The minimum Gasteiger partial charge on any atom is -0.213 e. The molecule has 0 N–H and O–H groups in total. The smallest absolute Gasteiger partial charge is 0.182 e. The van der Waals surface area contributed by atoms with E-state index in [4.69, 9.17) is 0 Å². The first-order valence-corrected chi connectivity index (χ1v) is 7.65. The maximum atomic E-state index is 13.2. The van der Waals surface area contributed by atoms with Gasteiger partial charge in [-0.3, -0.25) is 0 Å². The molecule has 0 aliphatic carbocycles. The van der Waals surface area contributed by atoms with Gasteiger partial charge in [-0.2, -0.15) is 0 Å². The summed E-state index contributed by atoms with van der Waals surface area (Å²) in [5.74, 6) is 1.04. The lowest BCUT2D eigenvalue weighted by Gasteiger charge is -2.05. The summed E-state index contributed by atoms with van der Waals surface area (Å²) in [4.78, 5) is 4.69. The lowest BCUT2D eigenvalue weighted by Crippen LogP contribution is -1.99. The number of hydrogen-bond acceptors (Lipinski definition) is 2. The predicted molar refractivity (Wildman–Crippen MR) is 92.2 cm³/mol. The Morgan fingerprint density at radius 3 is 1.96 bits per heavy atom. The van der Waals surface area contributed by atoms with Crippen LogP contribution in [0.5, 0.6) is 0 Å². The van der Waals surface area contributed by atoms with Crippen LogP contribution in [0, 0.1) is 5.82 Å². The SMILES string of the molecule is Fc1ccc(-c2nc(-c3ccccc3)n(-c3ccccc3)n2)cc1. The molecule has 3 nitrogen and oxygen atoms in total. The summed E-state index contributed by atoms with van der Waals surface area (Å²) in [5.41, 5.74) is 2.68. The van der Waals surface area contributed by atoms with Crippen molar-refractivity contribution in [3.05, 3.63) is 90.7 Å². The van der Waals surface area contributed by atoms with E-state index in [0.717, 1.165) is 22.6 Å². The van der Waals surface area contributed by atoms with Gasteiger partial charge in [-0.15, -0.1) is 5.10 Å². The van der Waals surface area contributed by atoms with Gasteiger partial charge in [-0.05, 0) is 36.4 Å². The van der Waals surface area contributed by atoms with Crippen LogP contribution in [0.25, 0.3) is 28.5 Å². The Morgan fingerprint density at radius 2 is 1.29 bits per heavy atom. The Labute approximate surface area is 139 Å². The van der Waals surface area contributed by atoms with Crippen LogP contribution in [-0.2, 0) is 0 Å². The molecule has 0 saturated heterocycles. The van der Waals surface area contributed by atoms with E-state index >= 15 is 0 Å². The highest BCUT2D eigenvalue weighted by molar-refractivity contribution is 5.63. The Balaban J connectivity index is 1.89. The van der Waals surface area contributed by atoms with Crippen molar-refractivity contribution in [2.75, 3.05) is 0 Å². The van der Waals surface area contributed by atoms with E-state index in [1.807, 2.05) is 65.3 Å². The number of halogens is 1. The zero-order chi connectivity index (χ0) is 16.4. The number of benzene rings is 3. The predicted octanol–water partition coefficient (Wildman–Crippen LogP) is 4.74. The Kier molecular flexibility index (Phi) is 3.63. The normalized spacial score (nSPS) is 10.7. The summed E-state index contributed by atoms with van der Waals surface area (Å²) in [6.07, 6.45) is 0. The van der Waals surface area contributed by atoms with Gasteiger partial charge >= 0.3 is 0 Å². The highest BCUT2D eigenvalue weighted by Gasteiger charge is 2.14. The molecule has 0 atom stereocenters. The molecule has 0 fully saturated rings. The molecule has 0 saturated carbocycles. The largest absolute Gasteiger partial charge is 0.213 e. The molecule has 0 bridgehead atoms. The van der Waals surface area contributed by atoms with Crippen LogP contribution in [0.1, 0.15) is 0 Å². The minimum absolute atomic E-state index is 0.274. The van der Waals surface area contributed by atoms with Gasteiger partial charge < -0.3 is 0 Å². The van der Waals surface area contributed by atoms with Crippen molar-refractivity contribution in [2.24, 2.45) is 0 Å². The molecule has 4 heteroatoms. The maximum Gasteiger partial charge on any atom is 0.182 e. The first kappa shape index (κ1) is 14.3. The second-order valence-electron chi connectivity index (χ2n) is 5.38. The number of aromatic nitrogens is 3. The van der Waals surface area contributed by atoms with E-state index in [-0.39, 0.29) is 5.82 Å². The first-order chi connectivity index (χ1) is 11.8. The highest BCUT2D eigenvalue weighted by Crippen LogP contribution is 2.25. The number of para-hydroxylation sites is 1. The molecule has 0 aliphatic rings. The highest BCUT2D eigenvalue weighted by atomic mass is 19.1. The summed E-state index contributed by atoms with van der Waals surface area (Å²) < 4.78 is 15.0. The van der Waals surface area contributed by atoms with Gasteiger partial charge in [-0.1, -0.05) is 48.5 Å². The molecule has 116 valence electrons. The fraction of sp³-hybridized carbons (Fsp3) is 0. The summed E-state index contributed by atoms with van der Waals surface area (Å²) in [7, 11) is 0. The molecule has 24 heavy (non-hydrogen) atoms. The minimum atomic E-state index is -0.274. The van der Waals surface area contributed by atoms with Gasteiger partial charge in [0.1, 0.15) is 5.82 Å². The zero-order valence-corrected chi connectivity index (χ0v) is 12.8. The molecular formula is C20H14FN3. The Hall–Kier alpha value is -3.27.